The van der Waals surface area contributed by atoms with E-state index in [4.69, 9.17) is 0 Å². The molecule has 1 saturated heterocycles. The van der Waals surface area contributed by atoms with E-state index >= 15 is 0 Å². The molecule has 60 valence electrons. The van der Waals surface area contributed by atoms with Crippen molar-refractivity contribution in [2.45, 2.75) is 6.42 Å². The normalized spacial score (nSPS) is 24.0. The second-order valence-corrected chi connectivity index (χ2v) is 2.38. The first-order chi connectivity index (χ1) is 5.00. The van der Waals surface area contributed by atoms with Crippen LogP contribution in [0.15, 0.2) is 0 Å². The monoisotopic (exact) mass is 144 g/mol. The minimum atomic E-state index is 0.875. The molecule has 0 radical (unpaired) electrons. The van der Waals surface area contributed by atoms with Gasteiger partial charge in [-0.05, 0) is 19.5 Å². The Morgan fingerprint density at radius 2 is 1.10 bits per heavy atom. The molecule has 1 aliphatic heterocycles. The van der Waals surface area contributed by atoms with Gasteiger partial charge < -0.3 is 10.6 Å². The van der Waals surface area contributed by atoms with Gasteiger partial charge in [0.1, 0.15) is 0 Å². The van der Waals surface area contributed by atoms with E-state index < -0.39 is 0 Å². The van der Waals surface area contributed by atoms with Crippen LogP contribution >= 0.6 is 0 Å². The molecule has 4 N–H and O–H groups in total. The average Bonchev–Trinajstić information content (AvgIpc) is 2.01. The van der Waals surface area contributed by atoms with Gasteiger partial charge in [-0.2, -0.15) is 0 Å². The Bertz CT molecular complexity index is 42.9. The molecule has 1 rings (SSSR count). The van der Waals surface area contributed by atoms with E-state index in [1.807, 2.05) is 0 Å². The van der Waals surface area contributed by atoms with Crippen molar-refractivity contribution < 1.29 is 0 Å². The van der Waals surface area contributed by atoms with Crippen LogP contribution in [0, 0.1) is 0 Å². The first-order valence-corrected chi connectivity index (χ1v) is 3.83. The van der Waals surface area contributed by atoms with Gasteiger partial charge in [0.2, 0.25) is 0 Å². The molecule has 0 spiro atoms. The molecule has 1 heterocycles. The summed E-state index contributed by atoms with van der Waals surface area (Å²) in [7, 11) is 0. The largest absolute Gasteiger partial charge is 0.304 e. The molecule has 0 aromatic carbocycles. The van der Waals surface area contributed by atoms with Crippen LogP contribution in [0.4, 0.5) is 0 Å². The standard InChI is InChI=1S/C6H16N4/c1-2-7-4-9-6-10-5-8-3-1/h7-10H,1-6H2. The van der Waals surface area contributed by atoms with Crippen molar-refractivity contribution in [2.24, 2.45) is 0 Å². The van der Waals surface area contributed by atoms with E-state index in [0.717, 1.165) is 33.1 Å². The second-order valence-electron chi connectivity index (χ2n) is 2.38. The van der Waals surface area contributed by atoms with Crippen LogP contribution in [0.2, 0.25) is 0 Å². The fraction of sp³-hybridized carbons (Fsp3) is 1.00. The molecule has 10 heavy (non-hydrogen) atoms. The van der Waals surface area contributed by atoms with E-state index in [9.17, 15) is 0 Å². The lowest BCUT2D eigenvalue weighted by Crippen LogP contribution is -2.42. The maximum atomic E-state index is 3.26. The van der Waals surface area contributed by atoms with Crippen LogP contribution in [0.5, 0.6) is 0 Å². The Balaban J connectivity index is 2.00. The molecular weight excluding hydrogens is 128 g/mol. The van der Waals surface area contributed by atoms with Gasteiger partial charge in [0.05, 0.1) is 0 Å². The maximum Gasteiger partial charge on any atom is 0.0474 e. The second kappa shape index (κ2) is 5.61. The van der Waals surface area contributed by atoms with Gasteiger partial charge >= 0.3 is 0 Å². The van der Waals surface area contributed by atoms with Crippen molar-refractivity contribution in [3.63, 3.8) is 0 Å². The third-order valence-corrected chi connectivity index (χ3v) is 1.46. The smallest absolute Gasteiger partial charge is 0.0474 e. The zero-order valence-corrected chi connectivity index (χ0v) is 6.24. The van der Waals surface area contributed by atoms with Gasteiger partial charge in [0, 0.05) is 20.0 Å². The summed E-state index contributed by atoms with van der Waals surface area (Å²) in [5.41, 5.74) is 0. The van der Waals surface area contributed by atoms with Crippen molar-refractivity contribution in [2.75, 3.05) is 33.1 Å². The van der Waals surface area contributed by atoms with Crippen LogP contribution in [-0.2, 0) is 0 Å². The van der Waals surface area contributed by atoms with Gasteiger partial charge in [-0.15, -0.1) is 0 Å². The summed E-state index contributed by atoms with van der Waals surface area (Å²) in [6.45, 7) is 4.89. The maximum absolute atomic E-state index is 3.26. The molecule has 0 atom stereocenters. The molecule has 4 nitrogen and oxygen atoms in total. The van der Waals surface area contributed by atoms with Gasteiger partial charge in [0.15, 0.2) is 0 Å². The first kappa shape index (κ1) is 7.94. The summed E-state index contributed by atoms with van der Waals surface area (Å²) in [6.07, 6.45) is 1.20. The zero-order chi connectivity index (χ0) is 7.07. The number of hydrogen-bond donors (Lipinski definition) is 4. The van der Waals surface area contributed by atoms with Gasteiger partial charge in [-0.1, -0.05) is 0 Å². The molecule has 1 aliphatic rings. The van der Waals surface area contributed by atoms with Crippen molar-refractivity contribution in [1.82, 2.24) is 21.3 Å². The lowest BCUT2D eigenvalue weighted by atomic mass is 10.4. The Morgan fingerprint density at radius 1 is 0.600 bits per heavy atom. The van der Waals surface area contributed by atoms with E-state index in [2.05, 4.69) is 21.3 Å². The van der Waals surface area contributed by atoms with Crippen molar-refractivity contribution in [3.05, 3.63) is 0 Å². The SMILES string of the molecule is C1CNCNCNCNC1. The summed E-state index contributed by atoms with van der Waals surface area (Å²) < 4.78 is 0. The molecule has 4 heteroatoms. The Hall–Kier alpha value is -0.160. The summed E-state index contributed by atoms with van der Waals surface area (Å²) in [5.74, 6) is 0. The highest BCUT2D eigenvalue weighted by Crippen LogP contribution is 1.71. The van der Waals surface area contributed by atoms with Crippen molar-refractivity contribution in [1.29, 1.82) is 0 Å². The summed E-state index contributed by atoms with van der Waals surface area (Å²) in [6, 6.07) is 0. The zero-order valence-electron chi connectivity index (χ0n) is 6.24. The topological polar surface area (TPSA) is 48.1 Å². The molecule has 1 fully saturated rings. The van der Waals surface area contributed by atoms with E-state index in [1.54, 1.807) is 0 Å². The van der Waals surface area contributed by atoms with E-state index in [1.165, 1.54) is 6.42 Å². The molecule has 0 unspecified atom stereocenters. The van der Waals surface area contributed by atoms with E-state index in [-0.39, 0.29) is 0 Å². The number of hydrogen-bond acceptors (Lipinski definition) is 4. The van der Waals surface area contributed by atoms with Crippen LogP contribution in [0.3, 0.4) is 0 Å². The lowest BCUT2D eigenvalue weighted by Gasteiger charge is -2.12. The van der Waals surface area contributed by atoms with Crippen molar-refractivity contribution in [3.8, 4) is 0 Å². The molecule has 0 aromatic rings. The van der Waals surface area contributed by atoms with Gasteiger partial charge in [-0.3, -0.25) is 10.6 Å². The summed E-state index contributed by atoms with van der Waals surface area (Å²) in [5, 5.41) is 12.9. The number of rotatable bonds is 0. The van der Waals surface area contributed by atoms with Crippen LogP contribution in [-0.4, -0.2) is 33.1 Å². The van der Waals surface area contributed by atoms with Crippen LogP contribution < -0.4 is 21.3 Å². The predicted molar refractivity (Wildman–Crippen MR) is 41.5 cm³/mol. The minimum Gasteiger partial charge on any atom is -0.304 e. The fourth-order valence-electron chi connectivity index (χ4n) is 0.905. The van der Waals surface area contributed by atoms with Crippen molar-refractivity contribution >= 4 is 0 Å². The number of nitrogens with one attached hydrogen (secondary N) is 4. The van der Waals surface area contributed by atoms with E-state index in [0.29, 0.717) is 0 Å². The highest BCUT2D eigenvalue weighted by atomic mass is 15.2. The Kier molecular flexibility index (Phi) is 4.46. The molecule has 0 bridgehead atoms. The average molecular weight is 144 g/mol. The highest BCUT2D eigenvalue weighted by Gasteiger charge is 1.91. The Labute approximate surface area is 61.8 Å². The van der Waals surface area contributed by atoms with Crippen LogP contribution in [0.25, 0.3) is 0 Å². The lowest BCUT2D eigenvalue weighted by molar-refractivity contribution is 0.471. The highest BCUT2D eigenvalue weighted by molar-refractivity contribution is 4.53. The fourth-order valence-corrected chi connectivity index (χ4v) is 0.905. The molecule has 0 amide bonds. The molecular formula is C6H16N4. The summed E-state index contributed by atoms with van der Waals surface area (Å²) in [4.78, 5) is 0. The van der Waals surface area contributed by atoms with Gasteiger partial charge in [0.25, 0.3) is 0 Å². The molecule has 0 saturated carbocycles. The predicted octanol–water partition coefficient (Wildman–Crippen LogP) is -1.38. The third kappa shape index (κ3) is 3.79. The molecule has 0 aliphatic carbocycles. The minimum absolute atomic E-state index is 0.875. The van der Waals surface area contributed by atoms with Gasteiger partial charge in [-0.25, -0.2) is 0 Å². The summed E-state index contributed by atoms with van der Waals surface area (Å²) >= 11 is 0. The molecule has 0 aromatic heterocycles. The van der Waals surface area contributed by atoms with Crippen LogP contribution in [0.1, 0.15) is 6.42 Å². The quantitative estimate of drug-likeness (QED) is 0.338. The third-order valence-electron chi connectivity index (χ3n) is 1.46. The Morgan fingerprint density at radius 3 is 1.70 bits per heavy atom. The first-order valence-electron chi connectivity index (χ1n) is 3.83.